The second kappa shape index (κ2) is 7.48. The van der Waals surface area contributed by atoms with E-state index < -0.39 is 0 Å². The molecule has 126 valence electrons. The van der Waals surface area contributed by atoms with Crippen molar-refractivity contribution in [3.05, 3.63) is 66.0 Å². The van der Waals surface area contributed by atoms with Gasteiger partial charge in [0.25, 0.3) is 0 Å². The summed E-state index contributed by atoms with van der Waals surface area (Å²) in [6, 6.07) is 6.16. The fourth-order valence-electron chi connectivity index (χ4n) is 2.38. The van der Waals surface area contributed by atoms with E-state index in [2.05, 4.69) is 31.4 Å². The van der Waals surface area contributed by atoms with E-state index in [9.17, 15) is 4.79 Å². The van der Waals surface area contributed by atoms with Gasteiger partial charge in [-0.3, -0.25) is 14.8 Å². The molecule has 0 aliphatic carbocycles. The van der Waals surface area contributed by atoms with Crippen molar-refractivity contribution >= 4 is 12.1 Å². The van der Waals surface area contributed by atoms with Crippen LogP contribution in [0.4, 0.5) is 0 Å². The molecule has 0 radical (unpaired) electrons. The molecule has 1 amide bonds. The Morgan fingerprint density at radius 2 is 1.96 bits per heavy atom. The first-order chi connectivity index (χ1) is 12.1. The van der Waals surface area contributed by atoms with Gasteiger partial charge in [0.1, 0.15) is 6.33 Å². The fourth-order valence-corrected chi connectivity index (χ4v) is 2.38. The summed E-state index contributed by atoms with van der Waals surface area (Å²) in [6.45, 7) is 4.39. The van der Waals surface area contributed by atoms with Gasteiger partial charge < -0.3 is 5.32 Å². The van der Waals surface area contributed by atoms with E-state index in [1.54, 1.807) is 31.1 Å². The zero-order valence-corrected chi connectivity index (χ0v) is 14.0. The molecular weight excluding hydrogens is 316 g/mol. The monoisotopic (exact) mass is 334 g/mol. The lowest BCUT2D eigenvalue weighted by Gasteiger charge is -2.01. The van der Waals surface area contributed by atoms with E-state index in [0.29, 0.717) is 18.1 Å². The average Bonchev–Trinajstić information content (AvgIpc) is 3.07. The van der Waals surface area contributed by atoms with Crippen LogP contribution in [0.2, 0.25) is 0 Å². The molecule has 0 aliphatic heterocycles. The van der Waals surface area contributed by atoms with Crippen LogP contribution in [0.1, 0.15) is 16.8 Å². The molecule has 3 aromatic rings. The molecule has 0 unspecified atom stereocenters. The second-order valence-electron chi connectivity index (χ2n) is 5.65. The first kappa shape index (κ1) is 16.5. The predicted molar refractivity (Wildman–Crippen MR) is 94.1 cm³/mol. The standard InChI is InChI=1S/C18H18N6O/c1-13-7-14(2)9-15(8-13)18-22-12-24(23-18)6-3-17(25)21-11-16-10-19-4-5-20-16/h3-10,12H,11H2,1-2H3,(H,21,25)/b6-3-. The molecule has 0 bridgehead atoms. The number of benzene rings is 1. The van der Waals surface area contributed by atoms with Crippen molar-refractivity contribution in [2.24, 2.45) is 0 Å². The number of hydrogen-bond acceptors (Lipinski definition) is 5. The molecule has 0 saturated carbocycles. The summed E-state index contributed by atoms with van der Waals surface area (Å²) in [4.78, 5) is 24.2. The number of carbonyl (C=O) groups is 1. The van der Waals surface area contributed by atoms with Crippen LogP contribution >= 0.6 is 0 Å². The lowest BCUT2D eigenvalue weighted by Crippen LogP contribution is -2.21. The highest BCUT2D eigenvalue weighted by Crippen LogP contribution is 2.18. The van der Waals surface area contributed by atoms with Gasteiger partial charge in [-0.25, -0.2) is 9.67 Å². The molecule has 0 saturated heterocycles. The number of rotatable bonds is 5. The molecule has 1 N–H and O–H groups in total. The van der Waals surface area contributed by atoms with Crippen molar-refractivity contribution in [2.45, 2.75) is 20.4 Å². The van der Waals surface area contributed by atoms with Crippen LogP contribution in [0, 0.1) is 13.8 Å². The Hall–Kier alpha value is -3.35. The van der Waals surface area contributed by atoms with Crippen LogP contribution in [-0.2, 0) is 11.3 Å². The third-order valence-corrected chi connectivity index (χ3v) is 3.43. The van der Waals surface area contributed by atoms with Crippen LogP contribution < -0.4 is 5.32 Å². The molecule has 25 heavy (non-hydrogen) atoms. The molecule has 7 nitrogen and oxygen atoms in total. The van der Waals surface area contributed by atoms with Gasteiger partial charge in [-0.2, -0.15) is 0 Å². The smallest absolute Gasteiger partial charge is 0.245 e. The third-order valence-electron chi connectivity index (χ3n) is 3.43. The van der Waals surface area contributed by atoms with Gasteiger partial charge in [-0.05, 0) is 26.0 Å². The van der Waals surface area contributed by atoms with Gasteiger partial charge in [-0.15, -0.1) is 5.10 Å². The number of hydrogen-bond donors (Lipinski definition) is 1. The third kappa shape index (κ3) is 4.57. The van der Waals surface area contributed by atoms with E-state index in [4.69, 9.17) is 0 Å². The lowest BCUT2D eigenvalue weighted by atomic mass is 10.1. The highest BCUT2D eigenvalue weighted by Gasteiger charge is 2.05. The second-order valence-corrected chi connectivity index (χ2v) is 5.65. The maximum atomic E-state index is 11.8. The number of aromatic nitrogens is 5. The van der Waals surface area contributed by atoms with E-state index in [1.165, 1.54) is 10.8 Å². The van der Waals surface area contributed by atoms with Crippen molar-refractivity contribution in [1.29, 1.82) is 0 Å². The van der Waals surface area contributed by atoms with Crippen molar-refractivity contribution in [1.82, 2.24) is 30.0 Å². The molecule has 2 heterocycles. The Labute approximate surface area is 145 Å². The minimum absolute atomic E-state index is 0.242. The van der Waals surface area contributed by atoms with Crippen molar-refractivity contribution in [3.8, 4) is 11.4 Å². The van der Waals surface area contributed by atoms with Crippen LogP contribution in [0.5, 0.6) is 0 Å². The molecule has 0 atom stereocenters. The zero-order valence-electron chi connectivity index (χ0n) is 14.0. The van der Waals surface area contributed by atoms with Gasteiger partial charge in [0.15, 0.2) is 5.82 Å². The molecule has 2 aromatic heterocycles. The first-order valence-electron chi connectivity index (χ1n) is 7.81. The van der Waals surface area contributed by atoms with Gasteiger partial charge in [0.2, 0.25) is 5.91 Å². The minimum atomic E-state index is -0.242. The summed E-state index contributed by atoms with van der Waals surface area (Å²) in [6.07, 6.45) is 9.31. The summed E-state index contributed by atoms with van der Waals surface area (Å²) < 4.78 is 1.51. The van der Waals surface area contributed by atoms with Crippen molar-refractivity contribution < 1.29 is 4.79 Å². The Kier molecular flexibility index (Phi) is 4.94. The fraction of sp³-hybridized carbons (Fsp3) is 0.167. The summed E-state index contributed by atoms with van der Waals surface area (Å²) in [5.41, 5.74) is 3.97. The molecule has 0 fully saturated rings. The largest absolute Gasteiger partial charge is 0.347 e. The van der Waals surface area contributed by atoms with Crippen LogP contribution in [0.15, 0.2) is 49.2 Å². The Bertz CT molecular complexity index is 881. The summed E-state index contributed by atoms with van der Waals surface area (Å²) in [7, 11) is 0. The summed E-state index contributed by atoms with van der Waals surface area (Å²) in [5.74, 6) is 0.380. The van der Waals surface area contributed by atoms with E-state index in [-0.39, 0.29) is 5.91 Å². The van der Waals surface area contributed by atoms with E-state index >= 15 is 0 Å². The van der Waals surface area contributed by atoms with Crippen LogP contribution in [0.25, 0.3) is 17.6 Å². The lowest BCUT2D eigenvalue weighted by molar-refractivity contribution is -0.116. The topological polar surface area (TPSA) is 85.6 Å². The van der Waals surface area contributed by atoms with Crippen molar-refractivity contribution in [2.75, 3.05) is 0 Å². The quantitative estimate of drug-likeness (QED) is 0.723. The molecule has 0 spiro atoms. The molecule has 0 aliphatic rings. The Balaban J connectivity index is 1.62. The highest BCUT2D eigenvalue weighted by molar-refractivity contribution is 5.89. The Morgan fingerprint density at radius 1 is 1.16 bits per heavy atom. The number of carbonyl (C=O) groups excluding carboxylic acids is 1. The maximum absolute atomic E-state index is 11.8. The molecule has 7 heteroatoms. The SMILES string of the molecule is Cc1cc(C)cc(-c2ncn(/C=C\C(=O)NCc3cnccn3)n2)c1. The molecular formula is C18H18N6O. The minimum Gasteiger partial charge on any atom is -0.347 e. The van der Waals surface area contributed by atoms with Gasteiger partial charge >= 0.3 is 0 Å². The summed E-state index contributed by atoms with van der Waals surface area (Å²) in [5, 5.41) is 7.10. The average molecular weight is 334 g/mol. The predicted octanol–water partition coefficient (Wildman–Crippen LogP) is 2.14. The van der Waals surface area contributed by atoms with E-state index in [0.717, 1.165) is 16.7 Å². The molecule has 3 rings (SSSR count). The number of aryl methyl sites for hydroxylation is 2. The number of nitrogens with zero attached hydrogens (tertiary/aromatic N) is 5. The highest BCUT2D eigenvalue weighted by atomic mass is 16.1. The van der Waals surface area contributed by atoms with Crippen LogP contribution in [0.3, 0.4) is 0 Å². The maximum Gasteiger partial charge on any atom is 0.245 e. The normalized spacial score (nSPS) is 11.0. The van der Waals surface area contributed by atoms with Crippen LogP contribution in [-0.4, -0.2) is 30.6 Å². The number of nitrogens with one attached hydrogen (secondary N) is 1. The van der Waals surface area contributed by atoms with Gasteiger partial charge in [0, 0.05) is 30.2 Å². The first-order valence-corrected chi connectivity index (χ1v) is 7.81. The number of amides is 1. The summed E-state index contributed by atoms with van der Waals surface area (Å²) >= 11 is 0. The zero-order chi connectivity index (χ0) is 17.6. The van der Waals surface area contributed by atoms with Crippen molar-refractivity contribution in [3.63, 3.8) is 0 Å². The van der Waals surface area contributed by atoms with Gasteiger partial charge in [0.05, 0.1) is 18.4 Å². The Morgan fingerprint density at radius 3 is 2.68 bits per heavy atom. The van der Waals surface area contributed by atoms with E-state index in [1.807, 2.05) is 26.0 Å². The van der Waals surface area contributed by atoms with Gasteiger partial charge in [-0.1, -0.05) is 17.2 Å². The molecule has 1 aromatic carbocycles.